The molecule has 12 aliphatic carbocycles. The summed E-state index contributed by atoms with van der Waals surface area (Å²) in [6, 6.07) is 20.0. The summed E-state index contributed by atoms with van der Waals surface area (Å²) >= 11 is 0. The number of Topliss-reactive ketones (excluding diaryl/α,β-unsaturated/α-hetero) is 5. The second-order valence-electron chi connectivity index (χ2n) is 38.7. The van der Waals surface area contributed by atoms with Gasteiger partial charge in [0.15, 0.2) is 117 Å². The van der Waals surface area contributed by atoms with E-state index in [1.54, 1.807) is 37.4 Å². The molecule has 22 aliphatic rings. The second kappa shape index (κ2) is 27.3. The minimum absolute atomic E-state index is 0. The van der Waals surface area contributed by atoms with Crippen LogP contribution in [0.5, 0.6) is 57.5 Å². The molecular weight excluding hydrogens is 1480 g/mol. The number of nitrogens with one attached hydrogen (secondary N) is 1. The zero-order valence-electron chi connectivity index (χ0n) is 63.9. The van der Waals surface area contributed by atoms with E-state index >= 15 is 0 Å². The summed E-state index contributed by atoms with van der Waals surface area (Å²) in [6.07, 6.45) is 19.2. The predicted octanol–water partition coefficient (Wildman–Crippen LogP) is 12.6. The van der Waals surface area contributed by atoms with E-state index in [9.17, 15) is 59.9 Å². The fraction of sp³-hybridized carbons (Fsp3) is 0.632. The number of piperidine rings is 5. The molecule has 0 radical (unpaired) electrons. The molecule has 22 nitrogen and oxygen atoms in total. The quantitative estimate of drug-likeness (QED) is 0.0720. The van der Waals surface area contributed by atoms with Gasteiger partial charge < -0.3 is 79.1 Å². The van der Waals surface area contributed by atoms with Crippen molar-refractivity contribution >= 4 is 28.9 Å². The summed E-state index contributed by atoms with van der Waals surface area (Å²) in [7, 11) is 3.97. The van der Waals surface area contributed by atoms with E-state index in [-0.39, 0.29) is 173 Å². The number of hydrogen-bond donors (Lipinski definition) is 6. The van der Waals surface area contributed by atoms with E-state index < -0.39 is 12.2 Å². The SMILES string of the molecule is C.C.C.C.C.CN1CC[C@]23c4c5ccc(O)c4O[C@H]2C(=O)CCC3[C@H]1C5.C[N+]1([O-])CC[C@]23c4c5ccc(O)c4O[C@H]2C(=O)CCC3[C@H]1C5.O=C1CCC2[C@H]3Cc4ccc(O)c5c4[C@@]2(CCN3)[C@H]1O5.O=C1CCC2[C@H]3Cc4ccc(O)c5c4[C@@]2(CCN3CC2CC2)[C@H]1O5.O=C1CCC2[C@H]3Cc4ccc(O)c5c4[C@@]2(CC[N+]3([O-])CC2CC2)[C@H]1O5. The summed E-state index contributed by atoms with van der Waals surface area (Å²) in [4.78, 5) is 67.9. The smallest absolute Gasteiger partial charge is 0.174 e. The van der Waals surface area contributed by atoms with Crippen LogP contribution in [0.4, 0.5) is 0 Å². The van der Waals surface area contributed by atoms with Crippen molar-refractivity contribution < 1.29 is 82.5 Å². The van der Waals surface area contributed by atoms with Gasteiger partial charge in [-0.05, 0) is 205 Å². The Morgan fingerprint density at radius 2 is 0.761 bits per heavy atom. The van der Waals surface area contributed by atoms with Gasteiger partial charge in [-0.15, -0.1) is 0 Å². The molecule has 5 saturated heterocycles. The number of quaternary nitrogens is 2. The number of likely N-dealkylation sites (N-methyl/N-ethyl adjacent to an activating group) is 2. The number of carbonyl (C=O) groups excluding carboxylic acids is 5. The van der Waals surface area contributed by atoms with Crippen LogP contribution in [0, 0.1) is 51.8 Å². The van der Waals surface area contributed by atoms with E-state index in [2.05, 4.69) is 28.2 Å². The number of nitrogens with zero attached hydrogens (tertiary/aromatic N) is 4. The lowest BCUT2D eigenvalue weighted by atomic mass is 9.51. The Hall–Kier alpha value is -7.83. The fourth-order valence-electron chi connectivity index (χ4n) is 29.2. The first kappa shape index (κ1) is 80.2. The van der Waals surface area contributed by atoms with Crippen molar-refractivity contribution in [2.45, 2.75) is 279 Å². The lowest BCUT2D eigenvalue weighted by Crippen LogP contribution is -2.71. The molecule has 628 valence electrons. The molecule has 22 atom stereocenters. The monoisotopic (exact) mass is 1600 g/mol. The van der Waals surface area contributed by atoms with E-state index in [4.69, 9.17) is 23.7 Å². The number of likely N-dealkylation sites (tertiary alicyclic amines) is 4. The highest BCUT2D eigenvalue weighted by Gasteiger charge is 2.73. The summed E-state index contributed by atoms with van der Waals surface area (Å²) in [6.45, 7) is 6.08. The topological polar surface area (TPSA) is 297 Å². The van der Waals surface area contributed by atoms with Gasteiger partial charge in [0.05, 0.1) is 49.6 Å². The van der Waals surface area contributed by atoms with Crippen LogP contribution in [0.2, 0.25) is 0 Å². The van der Waals surface area contributed by atoms with Crippen LogP contribution in [0.15, 0.2) is 60.7 Å². The Balaban J connectivity index is 0.000000100. The van der Waals surface area contributed by atoms with Crippen molar-refractivity contribution in [3.63, 3.8) is 0 Å². The third kappa shape index (κ3) is 10.5. The number of hydrogen-bond acceptors (Lipinski definition) is 20. The Labute approximate surface area is 687 Å². The summed E-state index contributed by atoms with van der Waals surface area (Å²) in [5, 5.41) is 81.6. The average molecular weight is 1610 g/mol. The second-order valence-corrected chi connectivity index (χ2v) is 38.7. The van der Waals surface area contributed by atoms with Crippen LogP contribution < -0.4 is 29.0 Å². The van der Waals surface area contributed by atoms with Gasteiger partial charge in [-0.1, -0.05) is 67.5 Å². The Morgan fingerprint density at radius 1 is 0.410 bits per heavy atom. The standard InChI is InChI=1S/C20H23NO4.C20H23NO3.C17H19NO4.C17H19NO3.C16H17NO3.5CH4/c22-15-5-3-12-9-14-13-4-6-16(23)19-20(13,17(12)18(15)25-19)7-8-21(14,24)10-11-1-2-11;22-15-5-3-12-9-14-13-4-6-16(23)19-20(13,17(12)18(15)24-19)7-8-21(14)10-11-1-2-11;1-18(21)7-6-17-10-3-5-13(20)16(17)22-15-12(19)4-2-9(14(15)17)8-11(10)18;1-18-7-6-17-10-3-5-13(20)16(17)21-15-12(19)4-2-9(14(15)17)8-11(10)18;18-11-3-1-8-7-10-9-2-4-12(19)15-16(9,5-6-17-10)13(8)14(11)20-15;;;;;/h3,5,11,13-14,19,22H,1-2,4,6-10H2;3,5,11,13-14,19,22H,1-2,4,6-10H2;2,4,10-11,16,19H,3,5-8H2,1H3;2,4,10-11,16,19H,3,5-8H2,1H3;1,3,9-10,15,17-18H,2,4-7H2;5*1H4/t13?,14-,19+,20+,21?;13?,14-,19+,20+;10?,11-,16+,17+,18?;10?,11-,16+,17+;9?,10-,15+,16+;;;;;/m11111...../s1. The van der Waals surface area contributed by atoms with Crippen LogP contribution in [0.1, 0.15) is 215 Å². The number of ketones is 5. The third-order valence-electron chi connectivity index (χ3n) is 34.0. The van der Waals surface area contributed by atoms with Gasteiger partial charge in [-0.25, -0.2) is 0 Å². The molecule has 0 amide bonds. The molecule has 27 rings (SSSR count). The number of carbonyl (C=O) groups is 5. The van der Waals surface area contributed by atoms with Gasteiger partial charge in [0.2, 0.25) is 0 Å². The van der Waals surface area contributed by atoms with E-state index in [1.807, 2.05) is 24.3 Å². The predicted molar refractivity (Wildman–Crippen MR) is 439 cm³/mol. The summed E-state index contributed by atoms with van der Waals surface area (Å²) < 4.78 is 29.9. The molecule has 117 heavy (non-hydrogen) atoms. The van der Waals surface area contributed by atoms with Crippen molar-refractivity contribution in [1.82, 2.24) is 15.1 Å². The fourth-order valence-corrected chi connectivity index (χ4v) is 29.2. The van der Waals surface area contributed by atoms with Crippen molar-refractivity contribution in [2.75, 3.05) is 59.9 Å². The molecule has 5 spiro atoms. The largest absolute Gasteiger partial charge is 0.633 e. The van der Waals surface area contributed by atoms with E-state index in [0.29, 0.717) is 129 Å². The molecular formula is C95H121N5O17. The lowest BCUT2D eigenvalue weighted by Gasteiger charge is -2.63. The molecule has 5 aromatic rings. The summed E-state index contributed by atoms with van der Waals surface area (Å²) in [5.74, 6) is 7.97. The highest BCUT2D eigenvalue weighted by Crippen LogP contribution is 2.70. The van der Waals surface area contributed by atoms with Crippen molar-refractivity contribution in [1.29, 1.82) is 0 Å². The number of phenols is 5. The number of benzene rings is 5. The molecule has 7 saturated carbocycles. The minimum atomic E-state index is -0.503. The molecule has 22 heteroatoms. The first-order valence-electron chi connectivity index (χ1n) is 42.6. The molecule has 12 fully saturated rings. The molecule has 6 N–H and O–H groups in total. The number of ether oxygens (including phenoxy) is 5. The van der Waals surface area contributed by atoms with E-state index in [1.165, 1.54) is 54.5 Å². The molecule has 10 heterocycles. The molecule has 10 aliphatic heterocycles. The Bertz CT molecular complexity index is 5000. The maximum absolute atomic E-state index is 13.8. The highest BCUT2D eigenvalue weighted by molar-refractivity contribution is 5.93. The maximum atomic E-state index is 13.8. The van der Waals surface area contributed by atoms with Crippen molar-refractivity contribution in [3.05, 3.63) is 127 Å². The van der Waals surface area contributed by atoms with Gasteiger partial charge in [0, 0.05) is 144 Å². The van der Waals surface area contributed by atoms with Crippen LogP contribution in [-0.2, 0) is 83.2 Å². The van der Waals surface area contributed by atoms with Gasteiger partial charge >= 0.3 is 0 Å². The van der Waals surface area contributed by atoms with Crippen molar-refractivity contribution in [3.8, 4) is 57.5 Å². The lowest BCUT2D eigenvalue weighted by molar-refractivity contribution is -0.919. The Morgan fingerprint density at radius 3 is 1.21 bits per heavy atom. The first-order chi connectivity index (χ1) is 54.0. The third-order valence-corrected chi connectivity index (χ3v) is 34.0. The van der Waals surface area contributed by atoms with Crippen LogP contribution >= 0.6 is 0 Å². The van der Waals surface area contributed by atoms with Gasteiger partial charge in [-0.2, -0.15) is 0 Å². The first-order valence-corrected chi connectivity index (χ1v) is 42.6. The number of phenolic OH excluding ortho intramolecular Hbond substituents is 5. The molecule has 5 aromatic carbocycles. The molecule has 7 unspecified atom stereocenters. The molecule has 0 aromatic heterocycles. The van der Waals surface area contributed by atoms with Crippen LogP contribution in [0.25, 0.3) is 0 Å². The van der Waals surface area contributed by atoms with Crippen LogP contribution in [0.3, 0.4) is 0 Å². The number of aromatic hydroxyl groups is 5. The van der Waals surface area contributed by atoms with E-state index in [0.717, 1.165) is 149 Å². The molecule has 10 bridgehead atoms. The van der Waals surface area contributed by atoms with Crippen molar-refractivity contribution in [2.24, 2.45) is 41.4 Å². The Kier molecular flexibility index (Phi) is 18.8. The van der Waals surface area contributed by atoms with Gasteiger partial charge in [-0.3, -0.25) is 28.9 Å². The van der Waals surface area contributed by atoms with Gasteiger partial charge in [0.25, 0.3) is 0 Å². The van der Waals surface area contributed by atoms with Gasteiger partial charge in [0.1, 0.15) is 0 Å². The minimum Gasteiger partial charge on any atom is -0.633 e. The van der Waals surface area contributed by atoms with Crippen LogP contribution in [-0.4, -0.2) is 194 Å². The highest BCUT2D eigenvalue weighted by atomic mass is 16.6. The number of hydroxylamine groups is 6. The normalized spacial score (nSPS) is 39.8. The summed E-state index contributed by atoms with van der Waals surface area (Å²) in [5.41, 5.74) is 10.4. The average Bonchev–Trinajstić information content (AvgIpc) is 1.58. The maximum Gasteiger partial charge on any atom is 0.174 e. The zero-order chi connectivity index (χ0) is 76.1. The zero-order valence-corrected chi connectivity index (χ0v) is 63.9. The number of rotatable bonds is 4.